The van der Waals surface area contributed by atoms with Crippen LogP contribution in [-0.4, -0.2) is 30.6 Å². The minimum atomic E-state index is -0.300. The van der Waals surface area contributed by atoms with Crippen molar-refractivity contribution in [1.29, 1.82) is 0 Å². The number of rotatable bonds is 4. The summed E-state index contributed by atoms with van der Waals surface area (Å²) in [5.41, 5.74) is 13.2. The van der Waals surface area contributed by atoms with Crippen LogP contribution in [0.5, 0.6) is 0 Å². The van der Waals surface area contributed by atoms with Crippen molar-refractivity contribution in [1.82, 2.24) is 10.2 Å². The second-order valence-electron chi connectivity index (χ2n) is 9.46. The Bertz CT molecular complexity index is 1100. The summed E-state index contributed by atoms with van der Waals surface area (Å²) in [4.78, 5) is 2.62. The van der Waals surface area contributed by atoms with Crippen molar-refractivity contribution in [2.45, 2.75) is 51.1 Å². The van der Waals surface area contributed by atoms with Crippen LogP contribution in [0.15, 0.2) is 48.2 Å². The van der Waals surface area contributed by atoms with E-state index in [0.717, 1.165) is 61.0 Å². The molecule has 33 heavy (non-hydrogen) atoms. The molecule has 2 heterocycles. The molecular formula is C27H32ClFN4. The van der Waals surface area contributed by atoms with Crippen LogP contribution < -0.4 is 16.4 Å². The van der Waals surface area contributed by atoms with Crippen LogP contribution in [-0.2, 0) is 0 Å². The number of nitrogens with two attached hydrogens (primary N) is 1. The summed E-state index contributed by atoms with van der Waals surface area (Å²) < 4.78 is 14.5. The van der Waals surface area contributed by atoms with Gasteiger partial charge < -0.3 is 16.4 Å². The molecule has 0 aromatic heterocycles. The van der Waals surface area contributed by atoms with Crippen LogP contribution in [0.2, 0.25) is 5.02 Å². The van der Waals surface area contributed by atoms with Crippen molar-refractivity contribution in [3.8, 4) is 0 Å². The van der Waals surface area contributed by atoms with Gasteiger partial charge in [0.05, 0.1) is 17.4 Å². The standard InChI is InChI=1S/C27H32ClFN4/c1-17(30)27-22-7-5-19(18-10-13-33(14-11-18)21-3-2-4-21)15-23(22)25(9-12-31-27)32-26-16-20(28)6-8-24(26)29/h5-8,10,15-16,21,25,31-32H,2-4,9,11-14,30H2,1H3/b27-17-. The molecule has 1 aliphatic carbocycles. The Morgan fingerprint density at radius 2 is 2.03 bits per heavy atom. The summed E-state index contributed by atoms with van der Waals surface area (Å²) >= 11 is 6.15. The average molecular weight is 467 g/mol. The highest BCUT2D eigenvalue weighted by molar-refractivity contribution is 6.30. The van der Waals surface area contributed by atoms with Crippen molar-refractivity contribution < 1.29 is 4.39 Å². The molecule has 0 spiro atoms. The summed E-state index contributed by atoms with van der Waals surface area (Å²) in [6, 6.07) is 12.0. The summed E-state index contributed by atoms with van der Waals surface area (Å²) in [6.45, 7) is 4.81. The molecule has 2 aromatic carbocycles. The number of anilines is 1. The fraction of sp³-hybridized carbons (Fsp3) is 0.407. The first kappa shape index (κ1) is 22.3. The van der Waals surface area contributed by atoms with Gasteiger partial charge in [-0.1, -0.05) is 36.2 Å². The van der Waals surface area contributed by atoms with Crippen molar-refractivity contribution in [2.24, 2.45) is 5.73 Å². The molecule has 4 N–H and O–H groups in total. The summed E-state index contributed by atoms with van der Waals surface area (Å²) in [5.74, 6) is -0.300. The molecule has 0 saturated heterocycles. The SMILES string of the molecule is C/C(N)=C1/NCCC(Nc2cc(Cl)ccc2F)c2cc(C3=CCN(C4CCC4)CC3)ccc21. The second-order valence-corrected chi connectivity index (χ2v) is 9.89. The zero-order valence-electron chi connectivity index (χ0n) is 19.1. The van der Waals surface area contributed by atoms with Crippen LogP contribution in [0, 0.1) is 5.82 Å². The van der Waals surface area contributed by atoms with Gasteiger partial charge in [0.2, 0.25) is 0 Å². The topological polar surface area (TPSA) is 53.3 Å². The van der Waals surface area contributed by atoms with Gasteiger partial charge in [0, 0.05) is 42.0 Å². The van der Waals surface area contributed by atoms with Gasteiger partial charge in [0.1, 0.15) is 5.82 Å². The number of fused-ring (bicyclic) bond motifs is 1. The van der Waals surface area contributed by atoms with Gasteiger partial charge in [-0.15, -0.1) is 0 Å². The van der Waals surface area contributed by atoms with Gasteiger partial charge in [-0.2, -0.15) is 0 Å². The lowest BCUT2D eigenvalue weighted by molar-refractivity contribution is 0.141. The van der Waals surface area contributed by atoms with Crippen molar-refractivity contribution in [3.05, 3.63) is 75.7 Å². The molecule has 0 amide bonds. The number of benzene rings is 2. The number of allylic oxidation sites excluding steroid dienone is 1. The normalized spacial score (nSPS) is 23.0. The lowest BCUT2D eigenvalue weighted by atomic mass is 9.88. The molecule has 5 rings (SSSR count). The lowest BCUT2D eigenvalue weighted by Gasteiger charge is -2.39. The molecule has 6 heteroatoms. The van der Waals surface area contributed by atoms with Gasteiger partial charge in [0.25, 0.3) is 0 Å². The predicted octanol–water partition coefficient (Wildman–Crippen LogP) is 5.91. The van der Waals surface area contributed by atoms with Gasteiger partial charge in [-0.05, 0) is 73.6 Å². The Kier molecular flexibility index (Phi) is 6.35. The molecule has 1 unspecified atom stereocenters. The molecule has 2 aromatic rings. The van der Waals surface area contributed by atoms with E-state index in [0.29, 0.717) is 10.7 Å². The van der Waals surface area contributed by atoms with E-state index in [1.54, 1.807) is 12.1 Å². The fourth-order valence-electron chi connectivity index (χ4n) is 5.20. The molecule has 0 radical (unpaired) electrons. The Morgan fingerprint density at radius 1 is 1.18 bits per heavy atom. The average Bonchev–Trinajstić information content (AvgIpc) is 2.95. The van der Waals surface area contributed by atoms with E-state index in [1.807, 2.05) is 6.92 Å². The van der Waals surface area contributed by atoms with Gasteiger partial charge in [-0.3, -0.25) is 4.90 Å². The van der Waals surface area contributed by atoms with Crippen LogP contribution in [0.4, 0.5) is 10.1 Å². The van der Waals surface area contributed by atoms with Gasteiger partial charge >= 0.3 is 0 Å². The molecule has 1 fully saturated rings. The molecule has 174 valence electrons. The highest BCUT2D eigenvalue weighted by Gasteiger charge is 2.27. The van der Waals surface area contributed by atoms with Gasteiger partial charge in [-0.25, -0.2) is 4.39 Å². The van der Waals surface area contributed by atoms with E-state index in [1.165, 1.54) is 36.5 Å². The van der Waals surface area contributed by atoms with Crippen LogP contribution in [0.25, 0.3) is 11.3 Å². The Morgan fingerprint density at radius 3 is 2.73 bits per heavy atom. The third kappa shape index (κ3) is 4.62. The quantitative estimate of drug-likeness (QED) is 0.524. The fourth-order valence-corrected chi connectivity index (χ4v) is 5.37. The van der Waals surface area contributed by atoms with E-state index in [4.69, 9.17) is 17.3 Å². The molecular weight excluding hydrogens is 435 g/mol. The molecule has 3 aliphatic rings. The Labute approximate surface area is 200 Å². The lowest BCUT2D eigenvalue weighted by Crippen LogP contribution is -2.42. The van der Waals surface area contributed by atoms with Crippen LogP contribution in [0.1, 0.15) is 61.8 Å². The zero-order valence-corrected chi connectivity index (χ0v) is 19.9. The first-order chi connectivity index (χ1) is 16.0. The number of hydrogen-bond donors (Lipinski definition) is 3. The maximum absolute atomic E-state index is 14.5. The maximum Gasteiger partial charge on any atom is 0.146 e. The van der Waals surface area contributed by atoms with Gasteiger partial charge in [0.15, 0.2) is 0 Å². The van der Waals surface area contributed by atoms with E-state index in [9.17, 15) is 4.39 Å². The third-order valence-corrected chi connectivity index (χ3v) is 7.52. The minimum Gasteiger partial charge on any atom is -0.401 e. The molecule has 0 bridgehead atoms. The number of hydrogen-bond acceptors (Lipinski definition) is 4. The Hall–Kier alpha value is -2.50. The predicted molar refractivity (Wildman–Crippen MR) is 135 cm³/mol. The monoisotopic (exact) mass is 466 g/mol. The Balaban J connectivity index is 1.49. The number of nitrogens with one attached hydrogen (secondary N) is 2. The molecule has 4 nitrogen and oxygen atoms in total. The van der Waals surface area contributed by atoms with Crippen molar-refractivity contribution in [2.75, 3.05) is 25.0 Å². The zero-order chi connectivity index (χ0) is 22.9. The first-order valence-electron chi connectivity index (χ1n) is 12.0. The van der Waals surface area contributed by atoms with E-state index < -0.39 is 0 Å². The molecule has 1 saturated carbocycles. The molecule has 2 aliphatic heterocycles. The highest BCUT2D eigenvalue weighted by atomic mass is 35.5. The van der Waals surface area contributed by atoms with E-state index in [-0.39, 0.29) is 11.9 Å². The summed E-state index contributed by atoms with van der Waals surface area (Å²) in [5, 5.41) is 7.42. The van der Waals surface area contributed by atoms with E-state index >= 15 is 0 Å². The highest BCUT2D eigenvalue weighted by Crippen LogP contribution is 2.37. The maximum atomic E-state index is 14.5. The summed E-state index contributed by atoms with van der Waals surface area (Å²) in [7, 11) is 0. The first-order valence-corrected chi connectivity index (χ1v) is 12.4. The number of nitrogens with zero attached hydrogens (tertiary/aromatic N) is 1. The minimum absolute atomic E-state index is 0.0621. The van der Waals surface area contributed by atoms with Crippen molar-refractivity contribution in [3.63, 3.8) is 0 Å². The van der Waals surface area contributed by atoms with Crippen molar-refractivity contribution >= 4 is 28.6 Å². The van der Waals surface area contributed by atoms with Crippen LogP contribution >= 0.6 is 11.6 Å². The molecule has 1 atom stereocenters. The summed E-state index contributed by atoms with van der Waals surface area (Å²) in [6.07, 6.45) is 8.31. The third-order valence-electron chi connectivity index (χ3n) is 7.29. The largest absolute Gasteiger partial charge is 0.401 e. The second kappa shape index (κ2) is 9.40. The van der Waals surface area contributed by atoms with Crippen LogP contribution in [0.3, 0.4) is 0 Å². The number of halogens is 2. The van der Waals surface area contributed by atoms with E-state index in [2.05, 4.69) is 39.8 Å². The smallest absolute Gasteiger partial charge is 0.146 e.